The molecular weight excluding hydrogens is 429 g/mol. The third-order valence-electron chi connectivity index (χ3n) is 7.54. The van der Waals surface area contributed by atoms with Crippen molar-refractivity contribution in [2.75, 3.05) is 50.8 Å². The predicted octanol–water partition coefficient (Wildman–Crippen LogP) is 5.50. The Bertz CT molecular complexity index is 776. The second-order valence-corrected chi connectivity index (χ2v) is 10.3. The number of halogens is 2. The zero-order valence-electron chi connectivity index (χ0n) is 19.3. The fourth-order valence-corrected chi connectivity index (χ4v) is 5.54. The SMILES string of the molecule is CCCCOC(=O)N1CCC2(CCN(Cc3ccc(Cl)cc3N3CCC(F)CC3)CC2)C1. The molecule has 5 nitrogen and oxygen atoms in total. The molecule has 3 aliphatic rings. The Morgan fingerprint density at radius 1 is 1.16 bits per heavy atom. The van der Waals surface area contributed by atoms with Crippen LogP contribution in [0.4, 0.5) is 14.9 Å². The molecule has 3 aliphatic heterocycles. The minimum atomic E-state index is -0.679. The normalized spacial score (nSPS) is 22.0. The maximum atomic E-state index is 13.6. The lowest BCUT2D eigenvalue weighted by molar-refractivity contribution is 0.0850. The number of amides is 1. The Hall–Kier alpha value is -1.53. The van der Waals surface area contributed by atoms with Crippen molar-refractivity contribution in [2.45, 2.75) is 64.6 Å². The summed E-state index contributed by atoms with van der Waals surface area (Å²) in [5.41, 5.74) is 2.67. The second kappa shape index (κ2) is 10.6. The molecule has 32 heavy (non-hydrogen) atoms. The lowest BCUT2D eigenvalue weighted by atomic mass is 9.77. The molecule has 1 spiro atoms. The quantitative estimate of drug-likeness (QED) is 0.519. The van der Waals surface area contributed by atoms with Crippen LogP contribution in [0.5, 0.6) is 0 Å². The molecule has 4 rings (SSSR count). The van der Waals surface area contributed by atoms with Crippen LogP contribution in [-0.4, -0.2) is 67.9 Å². The van der Waals surface area contributed by atoms with Gasteiger partial charge in [0.15, 0.2) is 0 Å². The van der Waals surface area contributed by atoms with E-state index in [-0.39, 0.29) is 11.5 Å². The molecule has 3 saturated heterocycles. The van der Waals surface area contributed by atoms with E-state index in [0.29, 0.717) is 19.4 Å². The topological polar surface area (TPSA) is 36.0 Å². The molecule has 178 valence electrons. The number of carbonyl (C=O) groups excluding carboxylic acids is 1. The van der Waals surface area contributed by atoms with Crippen molar-refractivity contribution >= 4 is 23.4 Å². The first kappa shape index (κ1) is 23.6. The van der Waals surface area contributed by atoms with Crippen molar-refractivity contribution in [3.05, 3.63) is 28.8 Å². The van der Waals surface area contributed by atoms with Gasteiger partial charge in [0, 0.05) is 43.4 Å². The smallest absolute Gasteiger partial charge is 0.409 e. The van der Waals surface area contributed by atoms with E-state index in [1.54, 1.807) is 0 Å². The molecule has 0 saturated carbocycles. The van der Waals surface area contributed by atoms with Gasteiger partial charge in [0.05, 0.1) is 6.61 Å². The lowest BCUT2D eigenvalue weighted by Crippen LogP contribution is -2.42. The summed E-state index contributed by atoms with van der Waals surface area (Å²) in [5.74, 6) is 0. The number of ether oxygens (including phenoxy) is 1. The van der Waals surface area contributed by atoms with E-state index in [2.05, 4.69) is 22.8 Å². The van der Waals surface area contributed by atoms with E-state index in [1.165, 1.54) is 5.56 Å². The van der Waals surface area contributed by atoms with Crippen LogP contribution >= 0.6 is 11.6 Å². The second-order valence-electron chi connectivity index (χ2n) is 9.85. The highest BCUT2D eigenvalue weighted by Crippen LogP contribution is 2.41. The van der Waals surface area contributed by atoms with Crippen LogP contribution in [0.1, 0.15) is 57.4 Å². The number of rotatable bonds is 6. The van der Waals surface area contributed by atoms with Crippen LogP contribution in [0, 0.1) is 5.41 Å². The molecule has 1 aromatic rings. The highest BCUT2D eigenvalue weighted by molar-refractivity contribution is 6.30. The summed E-state index contributed by atoms with van der Waals surface area (Å²) < 4.78 is 19.1. The number of unbranched alkanes of at least 4 members (excludes halogenated alkanes) is 1. The average molecular weight is 466 g/mol. The van der Waals surface area contributed by atoms with E-state index < -0.39 is 6.17 Å². The average Bonchev–Trinajstić information content (AvgIpc) is 3.21. The number of alkyl halides is 1. The van der Waals surface area contributed by atoms with E-state index in [4.69, 9.17) is 16.3 Å². The van der Waals surface area contributed by atoms with Crippen molar-refractivity contribution in [1.29, 1.82) is 0 Å². The summed E-state index contributed by atoms with van der Waals surface area (Å²) >= 11 is 6.31. The van der Waals surface area contributed by atoms with Gasteiger partial charge in [-0.15, -0.1) is 0 Å². The number of likely N-dealkylation sites (tertiary alicyclic amines) is 2. The fraction of sp³-hybridized carbons (Fsp3) is 0.720. The van der Waals surface area contributed by atoms with Crippen LogP contribution < -0.4 is 4.90 Å². The van der Waals surface area contributed by atoms with Gasteiger partial charge in [-0.2, -0.15) is 0 Å². The van der Waals surface area contributed by atoms with Gasteiger partial charge in [-0.05, 0) is 74.7 Å². The number of hydrogen-bond donors (Lipinski definition) is 0. The number of piperidine rings is 2. The monoisotopic (exact) mass is 465 g/mol. The molecule has 7 heteroatoms. The Labute approximate surface area is 196 Å². The number of anilines is 1. The van der Waals surface area contributed by atoms with Gasteiger partial charge in [-0.1, -0.05) is 31.0 Å². The third kappa shape index (κ3) is 5.69. The summed E-state index contributed by atoms with van der Waals surface area (Å²) in [7, 11) is 0. The van der Waals surface area contributed by atoms with E-state index in [1.807, 2.05) is 17.0 Å². The Morgan fingerprint density at radius 2 is 1.88 bits per heavy atom. The molecule has 1 aromatic carbocycles. The van der Waals surface area contributed by atoms with Crippen LogP contribution in [-0.2, 0) is 11.3 Å². The minimum absolute atomic E-state index is 0.138. The molecule has 3 heterocycles. The minimum Gasteiger partial charge on any atom is -0.449 e. The van der Waals surface area contributed by atoms with Crippen molar-refractivity contribution in [3.8, 4) is 0 Å². The van der Waals surface area contributed by atoms with Crippen molar-refractivity contribution in [1.82, 2.24) is 9.80 Å². The Kier molecular flexibility index (Phi) is 7.83. The molecule has 0 bridgehead atoms. The largest absolute Gasteiger partial charge is 0.449 e. The standard InChI is InChI=1S/C25H37ClFN3O2/c1-2-3-16-32-24(31)30-15-10-25(19-30)8-13-28(14-9-25)18-20-4-5-21(26)17-23(20)29-11-6-22(27)7-12-29/h4-5,17,22H,2-3,6-16,18-19H2,1H3. The maximum absolute atomic E-state index is 13.6. The van der Waals surface area contributed by atoms with Crippen molar-refractivity contribution < 1.29 is 13.9 Å². The molecule has 0 aromatic heterocycles. The molecule has 0 radical (unpaired) electrons. The Morgan fingerprint density at radius 3 is 2.59 bits per heavy atom. The maximum Gasteiger partial charge on any atom is 0.409 e. The predicted molar refractivity (Wildman–Crippen MR) is 127 cm³/mol. The highest BCUT2D eigenvalue weighted by atomic mass is 35.5. The van der Waals surface area contributed by atoms with E-state index in [9.17, 15) is 9.18 Å². The zero-order valence-corrected chi connectivity index (χ0v) is 20.1. The zero-order chi connectivity index (χ0) is 22.6. The van der Waals surface area contributed by atoms with Crippen LogP contribution in [0.2, 0.25) is 5.02 Å². The van der Waals surface area contributed by atoms with Gasteiger partial charge >= 0.3 is 6.09 Å². The Balaban J connectivity index is 1.32. The number of benzene rings is 1. The summed E-state index contributed by atoms with van der Waals surface area (Å²) in [4.78, 5) is 19.1. The summed E-state index contributed by atoms with van der Waals surface area (Å²) in [5, 5.41) is 0.737. The summed E-state index contributed by atoms with van der Waals surface area (Å²) in [6.45, 7) is 8.74. The van der Waals surface area contributed by atoms with E-state index in [0.717, 1.165) is 88.6 Å². The van der Waals surface area contributed by atoms with Crippen LogP contribution in [0.25, 0.3) is 0 Å². The highest BCUT2D eigenvalue weighted by Gasteiger charge is 2.42. The van der Waals surface area contributed by atoms with Gasteiger partial charge in [0.2, 0.25) is 0 Å². The lowest BCUT2D eigenvalue weighted by Gasteiger charge is -2.40. The first-order chi connectivity index (χ1) is 15.5. The number of hydrogen-bond acceptors (Lipinski definition) is 4. The molecular formula is C25H37ClFN3O2. The van der Waals surface area contributed by atoms with Crippen LogP contribution in [0.15, 0.2) is 18.2 Å². The van der Waals surface area contributed by atoms with Gasteiger partial charge in [0.1, 0.15) is 6.17 Å². The van der Waals surface area contributed by atoms with Gasteiger partial charge in [-0.3, -0.25) is 4.90 Å². The molecule has 0 atom stereocenters. The molecule has 3 fully saturated rings. The van der Waals surface area contributed by atoms with E-state index >= 15 is 0 Å². The van der Waals surface area contributed by atoms with Gasteiger partial charge in [0.25, 0.3) is 0 Å². The third-order valence-corrected chi connectivity index (χ3v) is 7.78. The molecule has 0 N–H and O–H groups in total. The number of nitrogens with zero attached hydrogens (tertiary/aromatic N) is 3. The first-order valence-corrected chi connectivity index (χ1v) is 12.7. The van der Waals surface area contributed by atoms with Crippen molar-refractivity contribution in [2.24, 2.45) is 5.41 Å². The van der Waals surface area contributed by atoms with Crippen LogP contribution in [0.3, 0.4) is 0 Å². The molecule has 0 aliphatic carbocycles. The summed E-state index contributed by atoms with van der Waals surface area (Å²) in [6.07, 6.45) is 5.64. The fourth-order valence-electron chi connectivity index (χ4n) is 5.37. The first-order valence-electron chi connectivity index (χ1n) is 12.3. The molecule has 1 amide bonds. The van der Waals surface area contributed by atoms with Gasteiger partial charge in [-0.25, -0.2) is 9.18 Å². The van der Waals surface area contributed by atoms with Gasteiger partial charge < -0.3 is 14.5 Å². The number of carbonyl (C=O) groups is 1. The summed E-state index contributed by atoms with van der Waals surface area (Å²) in [6, 6.07) is 6.14. The van der Waals surface area contributed by atoms with Crippen molar-refractivity contribution in [3.63, 3.8) is 0 Å². The molecule has 0 unspecified atom stereocenters.